The van der Waals surface area contributed by atoms with Crippen LogP contribution in [0, 0.1) is 0 Å². The van der Waals surface area contributed by atoms with Gasteiger partial charge in [-0.3, -0.25) is 0 Å². The molecule has 0 amide bonds. The molecule has 0 aromatic heterocycles. The Morgan fingerprint density at radius 3 is 0.897 bits per heavy atom. The van der Waals surface area contributed by atoms with E-state index < -0.39 is 0 Å². The van der Waals surface area contributed by atoms with Gasteiger partial charge in [-0.2, -0.15) is 45.5 Å². The first-order chi connectivity index (χ1) is 12.9. The Morgan fingerprint density at radius 2 is 0.759 bits per heavy atom. The predicted octanol–water partition coefficient (Wildman–Crippen LogP) is 9.17. The van der Waals surface area contributed by atoms with Crippen molar-refractivity contribution in [1.82, 2.24) is 0 Å². The molecule has 2 rings (SSSR count). The molecule has 0 aliphatic carbocycles. The van der Waals surface area contributed by atoms with Crippen molar-refractivity contribution in [2.24, 2.45) is 0 Å². The van der Waals surface area contributed by atoms with Crippen molar-refractivity contribution in [2.75, 3.05) is 0 Å². The molecule has 0 saturated heterocycles. The first kappa shape index (κ1) is 29.2. The predicted molar refractivity (Wildman–Crippen MR) is 134 cm³/mol. The van der Waals surface area contributed by atoms with Crippen molar-refractivity contribution >= 4 is 45.5 Å². The Hall–Kier alpha value is 0.181. The molecule has 2 aromatic carbocycles. The third-order valence-corrected chi connectivity index (χ3v) is 5.78. The second kappa shape index (κ2) is 12.9. The molecule has 160 valence electrons. The molecule has 0 N–H and O–H groups in total. The van der Waals surface area contributed by atoms with Gasteiger partial charge in [-0.25, -0.2) is 12.1 Å². The van der Waals surface area contributed by atoms with E-state index in [2.05, 4.69) is 107 Å². The fourth-order valence-corrected chi connectivity index (χ4v) is 3.80. The van der Waals surface area contributed by atoms with Crippen LogP contribution in [-0.4, -0.2) is 45.5 Å². The maximum atomic E-state index is 2.39. The first-order valence-electron chi connectivity index (χ1n) is 11.5. The molecule has 0 radical (unpaired) electrons. The van der Waals surface area contributed by atoms with Gasteiger partial charge in [-0.05, 0) is 11.8 Å². The summed E-state index contributed by atoms with van der Waals surface area (Å²) >= 11 is 0. The molecule has 2 aromatic rings. The molecule has 0 aliphatic rings. The third-order valence-electron chi connectivity index (χ3n) is 5.78. The van der Waals surface area contributed by atoms with Gasteiger partial charge in [-0.15, -0.1) is 0 Å². The maximum absolute atomic E-state index is 2.39. The summed E-state index contributed by atoms with van der Waals surface area (Å²) in [5, 5.41) is 0. The van der Waals surface area contributed by atoms with Crippen LogP contribution in [0.5, 0.6) is 0 Å². The summed E-state index contributed by atoms with van der Waals surface area (Å²) in [6, 6.07) is 9.57. The summed E-state index contributed by atoms with van der Waals surface area (Å²) in [4.78, 5) is 0. The van der Waals surface area contributed by atoms with Crippen LogP contribution < -0.4 is 0 Å². The molecular formula is C28H46Sr. The molecule has 0 heterocycles. The van der Waals surface area contributed by atoms with Gasteiger partial charge in [0.15, 0.2) is 0 Å². The molecule has 0 bridgehead atoms. The van der Waals surface area contributed by atoms with Gasteiger partial charge in [0.1, 0.15) is 0 Å². The molecule has 0 aliphatic heterocycles. The number of hydrogen-bond acceptors (Lipinski definition) is 0. The van der Waals surface area contributed by atoms with Crippen LogP contribution in [-0.2, 0) is 0 Å². The molecule has 0 fully saturated rings. The molecule has 0 spiro atoms. The molecule has 0 unspecified atom stereocenters. The van der Waals surface area contributed by atoms with E-state index in [-0.39, 0.29) is 45.5 Å². The smallest absolute Gasteiger partial charge is 0.207 e. The summed E-state index contributed by atoms with van der Waals surface area (Å²) < 4.78 is 0. The van der Waals surface area contributed by atoms with Crippen molar-refractivity contribution in [3.8, 4) is 0 Å². The quantitative estimate of drug-likeness (QED) is 0.292. The maximum Gasteiger partial charge on any atom is 2.00 e. The van der Waals surface area contributed by atoms with Crippen molar-refractivity contribution in [3.63, 3.8) is 0 Å². The molecule has 1 heteroatoms. The fourth-order valence-electron chi connectivity index (χ4n) is 3.80. The molecule has 29 heavy (non-hydrogen) atoms. The van der Waals surface area contributed by atoms with Gasteiger partial charge in [0.05, 0.1) is 0 Å². The minimum absolute atomic E-state index is 0. The van der Waals surface area contributed by atoms with Gasteiger partial charge in [0.2, 0.25) is 0 Å². The van der Waals surface area contributed by atoms with Crippen LogP contribution in [0.4, 0.5) is 0 Å². The normalized spacial score (nSPS) is 11.7. The van der Waals surface area contributed by atoms with Crippen LogP contribution >= 0.6 is 0 Å². The van der Waals surface area contributed by atoms with Gasteiger partial charge >= 0.3 is 45.5 Å². The van der Waals surface area contributed by atoms with Gasteiger partial charge < -0.3 is 0 Å². The Labute approximate surface area is 219 Å². The zero-order valence-electron chi connectivity index (χ0n) is 21.5. The topological polar surface area (TPSA) is 0 Å². The Morgan fingerprint density at radius 1 is 0.483 bits per heavy atom. The molecule has 0 atom stereocenters. The minimum atomic E-state index is 0. The first-order valence-corrected chi connectivity index (χ1v) is 11.5. The zero-order chi connectivity index (χ0) is 21.8. The van der Waals surface area contributed by atoms with Crippen molar-refractivity contribution < 1.29 is 0 Å². The van der Waals surface area contributed by atoms with E-state index in [0.29, 0.717) is 35.5 Å². The van der Waals surface area contributed by atoms with Gasteiger partial charge in [0.25, 0.3) is 0 Å². The van der Waals surface area contributed by atoms with Crippen molar-refractivity contribution in [1.29, 1.82) is 0 Å². The minimum Gasteiger partial charge on any atom is -0.207 e. The second-order valence-electron chi connectivity index (χ2n) is 10.3. The second-order valence-corrected chi connectivity index (χ2v) is 10.3. The van der Waals surface area contributed by atoms with E-state index in [1.54, 1.807) is 22.3 Å². The Bertz CT molecular complexity index is 591. The van der Waals surface area contributed by atoms with E-state index in [1.807, 2.05) is 0 Å². The van der Waals surface area contributed by atoms with Crippen LogP contribution in [0.1, 0.15) is 152 Å². The van der Waals surface area contributed by atoms with Gasteiger partial charge in [0, 0.05) is 0 Å². The van der Waals surface area contributed by atoms with E-state index in [0.717, 1.165) is 0 Å². The van der Waals surface area contributed by atoms with Crippen LogP contribution in [0.2, 0.25) is 0 Å². The number of rotatable bonds is 6. The molecular weight excluding hydrogens is 424 g/mol. The summed E-state index contributed by atoms with van der Waals surface area (Å²) in [6.07, 6.45) is 0. The largest absolute Gasteiger partial charge is 2.00 e. The van der Waals surface area contributed by atoms with Crippen molar-refractivity contribution in [3.05, 3.63) is 57.6 Å². The molecule has 0 saturated carbocycles. The molecule has 0 nitrogen and oxygen atoms in total. The monoisotopic (exact) mass is 470 g/mol. The van der Waals surface area contributed by atoms with Crippen LogP contribution in [0.25, 0.3) is 0 Å². The summed E-state index contributed by atoms with van der Waals surface area (Å²) in [7, 11) is 0. The van der Waals surface area contributed by atoms with Crippen molar-refractivity contribution in [2.45, 2.75) is 119 Å². The zero-order valence-corrected chi connectivity index (χ0v) is 25.0. The Balaban J connectivity index is 0.000000523. The van der Waals surface area contributed by atoms with E-state index in [9.17, 15) is 0 Å². The standard InChI is InChI=1S/2C14H23.Sr/c2*1-9(2)12-7-13(10(3)4)14(8-12)11(5)6;/h2*7-11H,1-6H3;/q2*-1;+2. The fraction of sp³-hybridized carbons (Fsp3) is 0.643. The average Bonchev–Trinajstić information content (AvgIpc) is 3.20. The van der Waals surface area contributed by atoms with Crippen LogP contribution in [0.3, 0.4) is 0 Å². The number of hydrogen-bond donors (Lipinski definition) is 0. The SMILES string of the molecule is CC(C)c1cc(C(C)C)[c-](C(C)C)c1.CC(C)c1cc(C(C)C)[c-](C(C)C)c1.[Sr+2]. The van der Waals surface area contributed by atoms with Crippen LogP contribution in [0.15, 0.2) is 24.3 Å². The summed E-state index contributed by atoms with van der Waals surface area (Å²) in [5.74, 6) is 3.92. The summed E-state index contributed by atoms with van der Waals surface area (Å²) in [6.45, 7) is 27.3. The Kier molecular flexibility index (Phi) is 13.0. The third kappa shape index (κ3) is 8.32. The van der Waals surface area contributed by atoms with E-state index in [4.69, 9.17) is 0 Å². The van der Waals surface area contributed by atoms with Gasteiger partial charge in [-0.1, -0.05) is 107 Å². The van der Waals surface area contributed by atoms with E-state index >= 15 is 0 Å². The average molecular weight is 470 g/mol. The van der Waals surface area contributed by atoms with E-state index in [1.165, 1.54) is 11.1 Å². The summed E-state index contributed by atoms with van der Waals surface area (Å²) in [5.41, 5.74) is 9.18.